The fourth-order valence-electron chi connectivity index (χ4n) is 2.82. The molecule has 7 heteroatoms. The smallest absolute Gasteiger partial charge is 0.221 e. The number of hydrogen-bond acceptors (Lipinski definition) is 5. The second-order valence-electron chi connectivity index (χ2n) is 6.01. The van der Waals surface area contributed by atoms with Crippen LogP contribution >= 0.6 is 0 Å². The highest BCUT2D eigenvalue weighted by molar-refractivity contribution is 5.89. The van der Waals surface area contributed by atoms with Crippen LogP contribution in [0.5, 0.6) is 11.5 Å². The normalized spacial score (nSPS) is 10.6. The molecule has 0 aliphatic carbocycles. The summed E-state index contributed by atoms with van der Waals surface area (Å²) in [4.78, 5) is 11.1. The number of carbonyl (C=O) groups is 1. The summed E-state index contributed by atoms with van der Waals surface area (Å²) in [6.45, 7) is 1.75. The molecule has 0 spiro atoms. The fourth-order valence-corrected chi connectivity index (χ4v) is 2.82. The predicted molar refractivity (Wildman–Crippen MR) is 103 cm³/mol. The van der Waals surface area contributed by atoms with E-state index in [-0.39, 0.29) is 18.3 Å². The van der Waals surface area contributed by atoms with Crippen LogP contribution in [0.25, 0.3) is 22.5 Å². The minimum absolute atomic E-state index is 0.0508. The highest BCUT2D eigenvalue weighted by Crippen LogP contribution is 2.33. The number of rotatable bonds is 6. The Kier molecular flexibility index (Phi) is 5.42. The molecule has 3 aromatic rings. The second kappa shape index (κ2) is 7.92. The lowest BCUT2D eigenvalue weighted by molar-refractivity contribution is -0.114. The number of anilines is 1. The van der Waals surface area contributed by atoms with Gasteiger partial charge in [-0.25, -0.2) is 0 Å². The Hall–Kier alpha value is -3.32. The van der Waals surface area contributed by atoms with E-state index in [1.54, 1.807) is 22.9 Å². The summed E-state index contributed by atoms with van der Waals surface area (Å²) in [5.74, 6) is 0.298. The van der Waals surface area contributed by atoms with Gasteiger partial charge in [0.05, 0.1) is 31.6 Å². The molecule has 0 fully saturated rings. The van der Waals surface area contributed by atoms with E-state index < -0.39 is 0 Å². The number of benzene rings is 2. The SMILES string of the molecule is COc1cc(-c2cc(-c3ccc(NC(C)=O)cc3)nn2CCO)ccc1O. The van der Waals surface area contributed by atoms with E-state index in [0.717, 1.165) is 22.5 Å². The number of methoxy groups -OCH3 is 1. The summed E-state index contributed by atoms with van der Waals surface area (Å²) in [6.07, 6.45) is 0. The maximum absolute atomic E-state index is 11.1. The van der Waals surface area contributed by atoms with Gasteiger partial charge in [0, 0.05) is 23.7 Å². The summed E-state index contributed by atoms with van der Waals surface area (Å²) < 4.78 is 6.89. The molecule has 3 rings (SSSR count). The molecule has 3 N–H and O–H groups in total. The summed E-state index contributed by atoms with van der Waals surface area (Å²) in [5, 5.41) is 26.5. The van der Waals surface area contributed by atoms with Gasteiger partial charge in [-0.05, 0) is 36.4 Å². The highest BCUT2D eigenvalue weighted by atomic mass is 16.5. The van der Waals surface area contributed by atoms with Gasteiger partial charge >= 0.3 is 0 Å². The lowest BCUT2D eigenvalue weighted by Gasteiger charge is -2.08. The standard InChI is InChI=1S/C20H21N3O4/c1-13(25)21-16-6-3-14(4-7-16)17-12-18(23(22-17)9-10-24)15-5-8-19(26)20(11-15)27-2/h3-8,11-12,24,26H,9-10H2,1-2H3,(H,21,25). The lowest BCUT2D eigenvalue weighted by atomic mass is 10.1. The zero-order valence-corrected chi connectivity index (χ0v) is 15.1. The van der Waals surface area contributed by atoms with Crippen molar-refractivity contribution in [1.29, 1.82) is 0 Å². The topological polar surface area (TPSA) is 96.6 Å². The first-order valence-electron chi connectivity index (χ1n) is 8.46. The average Bonchev–Trinajstić information content (AvgIpc) is 3.06. The average molecular weight is 367 g/mol. The van der Waals surface area contributed by atoms with Crippen LogP contribution in [0.3, 0.4) is 0 Å². The number of amides is 1. The summed E-state index contributed by atoms with van der Waals surface area (Å²) >= 11 is 0. The van der Waals surface area contributed by atoms with E-state index in [9.17, 15) is 15.0 Å². The molecular weight excluding hydrogens is 346 g/mol. The van der Waals surface area contributed by atoms with E-state index in [1.807, 2.05) is 30.3 Å². The number of aromatic nitrogens is 2. The van der Waals surface area contributed by atoms with Crippen LogP contribution in [0.15, 0.2) is 48.5 Å². The summed E-state index contributed by atoms with van der Waals surface area (Å²) in [6, 6.07) is 14.3. The number of nitrogens with zero attached hydrogens (tertiary/aromatic N) is 2. The Balaban J connectivity index is 1.99. The first-order valence-corrected chi connectivity index (χ1v) is 8.46. The van der Waals surface area contributed by atoms with Crippen molar-refractivity contribution in [3.05, 3.63) is 48.5 Å². The Morgan fingerprint density at radius 2 is 1.85 bits per heavy atom. The lowest BCUT2D eigenvalue weighted by Crippen LogP contribution is -2.06. The Morgan fingerprint density at radius 1 is 1.15 bits per heavy atom. The number of aromatic hydroxyl groups is 1. The van der Waals surface area contributed by atoms with E-state index >= 15 is 0 Å². The molecule has 2 aromatic carbocycles. The molecule has 0 unspecified atom stereocenters. The number of aliphatic hydroxyl groups excluding tert-OH is 1. The Morgan fingerprint density at radius 3 is 2.48 bits per heavy atom. The van der Waals surface area contributed by atoms with Gasteiger partial charge in [-0.1, -0.05) is 12.1 Å². The van der Waals surface area contributed by atoms with Crippen molar-refractivity contribution < 1.29 is 19.7 Å². The van der Waals surface area contributed by atoms with Crippen LogP contribution in [0.1, 0.15) is 6.92 Å². The first kappa shape index (κ1) is 18.5. The molecule has 0 radical (unpaired) electrons. The zero-order valence-electron chi connectivity index (χ0n) is 15.1. The molecule has 1 heterocycles. The molecule has 7 nitrogen and oxygen atoms in total. The number of hydrogen-bond donors (Lipinski definition) is 3. The molecule has 140 valence electrons. The third kappa shape index (κ3) is 4.09. The van der Waals surface area contributed by atoms with Crippen molar-refractivity contribution in [2.75, 3.05) is 19.0 Å². The van der Waals surface area contributed by atoms with Crippen LogP contribution in [-0.2, 0) is 11.3 Å². The largest absolute Gasteiger partial charge is 0.504 e. The molecule has 0 aliphatic heterocycles. The van der Waals surface area contributed by atoms with E-state index in [0.29, 0.717) is 18.0 Å². The van der Waals surface area contributed by atoms with Crippen LogP contribution in [0, 0.1) is 0 Å². The van der Waals surface area contributed by atoms with Gasteiger partial charge in [-0.2, -0.15) is 5.10 Å². The third-order valence-electron chi connectivity index (χ3n) is 4.07. The molecule has 1 aromatic heterocycles. The molecule has 0 saturated carbocycles. The third-order valence-corrected chi connectivity index (χ3v) is 4.07. The number of nitrogens with one attached hydrogen (secondary N) is 1. The van der Waals surface area contributed by atoms with Gasteiger partial charge in [-0.3, -0.25) is 9.48 Å². The number of aliphatic hydroxyl groups is 1. The van der Waals surface area contributed by atoms with Crippen molar-refractivity contribution in [3.8, 4) is 34.0 Å². The van der Waals surface area contributed by atoms with Crippen molar-refractivity contribution in [1.82, 2.24) is 9.78 Å². The number of phenolic OH excluding ortho intramolecular Hbond substituents is 1. The van der Waals surface area contributed by atoms with E-state index in [1.165, 1.54) is 14.0 Å². The highest BCUT2D eigenvalue weighted by Gasteiger charge is 2.13. The van der Waals surface area contributed by atoms with Gasteiger partial charge in [0.25, 0.3) is 0 Å². The van der Waals surface area contributed by atoms with Gasteiger partial charge in [0.2, 0.25) is 5.91 Å². The number of carbonyl (C=O) groups excluding carboxylic acids is 1. The van der Waals surface area contributed by atoms with Gasteiger partial charge in [0.1, 0.15) is 0 Å². The fraction of sp³-hybridized carbons (Fsp3) is 0.200. The maximum Gasteiger partial charge on any atom is 0.221 e. The quantitative estimate of drug-likeness (QED) is 0.622. The first-order chi connectivity index (χ1) is 13.0. The summed E-state index contributed by atoms with van der Waals surface area (Å²) in [7, 11) is 1.49. The summed E-state index contributed by atoms with van der Waals surface area (Å²) in [5.41, 5.74) is 3.94. The van der Waals surface area contributed by atoms with Crippen molar-refractivity contribution in [2.24, 2.45) is 0 Å². The van der Waals surface area contributed by atoms with Crippen LogP contribution in [0.2, 0.25) is 0 Å². The van der Waals surface area contributed by atoms with Gasteiger partial charge in [0.15, 0.2) is 11.5 Å². The Labute approximate surface area is 156 Å². The van der Waals surface area contributed by atoms with Crippen molar-refractivity contribution in [2.45, 2.75) is 13.5 Å². The number of ether oxygens (including phenoxy) is 1. The molecule has 27 heavy (non-hydrogen) atoms. The molecule has 0 bridgehead atoms. The molecule has 0 atom stereocenters. The Bertz CT molecular complexity index is 948. The van der Waals surface area contributed by atoms with Crippen molar-refractivity contribution in [3.63, 3.8) is 0 Å². The monoisotopic (exact) mass is 367 g/mol. The van der Waals surface area contributed by atoms with Crippen LogP contribution < -0.4 is 10.1 Å². The zero-order chi connectivity index (χ0) is 19.4. The molecule has 1 amide bonds. The maximum atomic E-state index is 11.1. The minimum atomic E-state index is -0.126. The number of phenols is 1. The molecular formula is C20H21N3O4. The van der Waals surface area contributed by atoms with Crippen molar-refractivity contribution >= 4 is 11.6 Å². The molecule has 0 aliphatic rings. The predicted octanol–water partition coefficient (Wildman–Crippen LogP) is 2.88. The van der Waals surface area contributed by atoms with E-state index in [2.05, 4.69) is 10.4 Å². The minimum Gasteiger partial charge on any atom is -0.504 e. The van der Waals surface area contributed by atoms with Gasteiger partial charge in [-0.15, -0.1) is 0 Å². The van der Waals surface area contributed by atoms with E-state index in [4.69, 9.17) is 4.74 Å². The van der Waals surface area contributed by atoms with Gasteiger partial charge < -0.3 is 20.3 Å². The van der Waals surface area contributed by atoms with Crippen LogP contribution in [0.4, 0.5) is 5.69 Å². The molecule has 0 saturated heterocycles. The second-order valence-corrected chi connectivity index (χ2v) is 6.01. The van der Waals surface area contributed by atoms with Crippen LogP contribution in [-0.4, -0.2) is 39.6 Å².